The van der Waals surface area contributed by atoms with Crippen molar-refractivity contribution >= 4 is 23.4 Å². The molecule has 0 spiro atoms. The van der Waals surface area contributed by atoms with Crippen LogP contribution >= 0.6 is 11.3 Å². The average molecular weight is 168 g/mol. The molecule has 3 heteroatoms. The Hall–Kier alpha value is -1.09. The standard InChI is InChI=1S/C8H8O2S/c1-6(8(9)10)4-7-2-3-11-5-7/h2-5H,1H3,(H,9,10). The van der Waals surface area contributed by atoms with Crippen LogP contribution in [0.25, 0.3) is 6.08 Å². The zero-order chi connectivity index (χ0) is 8.27. The molecule has 1 aromatic rings. The molecule has 0 fully saturated rings. The summed E-state index contributed by atoms with van der Waals surface area (Å²) in [6.07, 6.45) is 1.65. The zero-order valence-corrected chi connectivity index (χ0v) is 6.89. The van der Waals surface area contributed by atoms with E-state index in [0.29, 0.717) is 5.57 Å². The Morgan fingerprint density at radius 2 is 2.45 bits per heavy atom. The summed E-state index contributed by atoms with van der Waals surface area (Å²) in [5.41, 5.74) is 1.32. The van der Waals surface area contributed by atoms with Crippen molar-refractivity contribution < 1.29 is 9.90 Å². The topological polar surface area (TPSA) is 37.3 Å². The molecule has 1 rings (SSSR count). The minimum Gasteiger partial charge on any atom is -0.478 e. The number of carboxylic acid groups (broad SMARTS) is 1. The Labute approximate surface area is 68.8 Å². The second-order valence-electron chi connectivity index (χ2n) is 2.19. The van der Waals surface area contributed by atoms with E-state index in [4.69, 9.17) is 5.11 Å². The summed E-state index contributed by atoms with van der Waals surface area (Å²) in [6, 6.07) is 1.89. The molecular weight excluding hydrogens is 160 g/mol. The summed E-state index contributed by atoms with van der Waals surface area (Å²) >= 11 is 1.56. The lowest BCUT2D eigenvalue weighted by molar-refractivity contribution is -0.132. The highest BCUT2D eigenvalue weighted by Gasteiger charge is 1.98. The van der Waals surface area contributed by atoms with Crippen molar-refractivity contribution in [3.8, 4) is 0 Å². The van der Waals surface area contributed by atoms with Gasteiger partial charge in [-0.25, -0.2) is 4.79 Å². The molecule has 1 aromatic heterocycles. The van der Waals surface area contributed by atoms with Crippen molar-refractivity contribution in [2.75, 3.05) is 0 Å². The molecule has 0 aliphatic heterocycles. The molecule has 0 aliphatic rings. The number of hydrogen-bond donors (Lipinski definition) is 1. The number of rotatable bonds is 2. The van der Waals surface area contributed by atoms with Crippen LogP contribution in [0.2, 0.25) is 0 Å². The van der Waals surface area contributed by atoms with E-state index in [1.165, 1.54) is 0 Å². The van der Waals surface area contributed by atoms with Gasteiger partial charge >= 0.3 is 5.97 Å². The number of hydrogen-bond acceptors (Lipinski definition) is 2. The summed E-state index contributed by atoms with van der Waals surface area (Å²) < 4.78 is 0. The number of aliphatic carboxylic acids is 1. The van der Waals surface area contributed by atoms with Gasteiger partial charge in [0, 0.05) is 5.57 Å². The zero-order valence-electron chi connectivity index (χ0n) is 6.07. The largest absolute Gasteiger partial charge is 0.478 e. The van der Waals surface area contributed by atoms with Gasteiger partial charge in [-0.1, -0.05) is 0 Å². The van der Waals surface area contributed by atoms with E-state index < -0.39 is 5.97 Å². The van der Waals surface area contributed by atoms with E-state index in [1.807, 2.05) is 16.8 Å². The van der Waals surface area contributed by atoms with Gasteiger partial charge in [0.05, 0.1) is 0 Å². The van der Waals surface area contributed by atoms with Gasteiger partial charge in [-0.2, -0.15) is 11.3 Å². The molecule has 0 aliphatic carbocycles. The average Bonchev–Trinajstić information content (AvgIpc) is 2.39. The third-order valence-electron chi connectivity index (χ3n) is 1.26. The number of carbonyl (C=O) groups is 1. The van der Waals surface area contributed by atoms with Gasteiger partial charge in [0.15, 0.2) is 0 Å². The normalized spacial score (nSPS) is 11.5. The number of carboxylic acids is 1. The van der Waals surface area contributed by atoms with Crippen molar-refractivity contribution in [2.24, 2.45) is 0 Å². The molecule has 58 valence electrons. The Bertz CT molecular complexity index is 272. The monoisotopic (exact) mass is 168 g/mol. The molecule has 11 heavy (non-hydrogen) atoms. The van der Waals surface area contributed by atoms with Gasteiger partial charge in [-0.3, -0.25) is 0 Å². The van der Waals surface area contributed by atoms with Crippen LogP contribution in [0.3, 0.4) is 0 Å². The molecule has 0 unspecified atom stereocenters. The van der Waals surface area contributed by atoms with Crippen LogP contribution in [0.1, 0.15) is 12.5 Å². The Kier molecular flexibility index (Phi) is 2.44. The molecule has 0 bridgehead atoms. The summed E-state index contributed by atoms with van der Waals surface area (Å²) in [4.78, 5) is 10.4. The van der Waals surface area contributed by atoms with E-state index in [2.05, 4.69) is 0 Å². The lowest BCUT2D eigenvalue weighted by Gasteiger charge is -1.89. The molecule has 0 saturated heterocycles. The van der Waals surface area contributed by atoms with Gasteiger partial charge in [0.25, 0.3) is 0 Å². The fourth-order valence-corrected chi connectivity index (χ4v) is 1.29. The Morgan fingerprint density at radius 1 is 1.73 bits per heavy atom. The smallest absolute Gasteiger partial charge is 0.331 e. The molecule has 1 heterocycles. The third-order valence-corrected chi connectivity index (χ3v) is 1.97. The van der Waals surface area contributed by atoms with E-state index in [-0.39, 0.29) is 0 Å². The molecule has 0 amide bonds. The Morgan fingerprint density at radius 3 is 2.91 bits per heavy atom. The van der Waals surface area contributed by atoms with Crippen LogP contribution in [0.4, 0.5) is 0 Å². The van der Waals surface area contributed by atoms with Crippen LogP contribution in [0, 0.1) is 0 Å². The van der Waals surface area contributed by atoms with Crippen molar-refractivity contribution in [1.82, 2.24) is 0 Å². The maximum atomic E-state index is 10.4. The first-order valence-electron chi connectivity index (χ1n) is 3.14. The molecule has 2 nitrogen and oxygen atoms in total. The highest BCUT2D eigenvalue weighted by Crippen LogP contribution is 2.10. The first kappa shape index (κ1) is 8.01. The Balaban J connectivity index is 2.82. The van der Waals surface area contributed by atoms with Crippen LogP contribution in [-0.4, -0.2) is 11.1 Å². The van der Waals surface area contributed by atoms with E-state index in [0.717, 1.165) is 5.56 Å². The first-order chi connectivity index (χ1) is 5.20. The van der Waals surface area contributed by atoms with Crippen LogP contribution in [0.5, 0.6) is 0 Å². The maximum absolute atomic E-state index is 10.4. The van der Waals surface area contributed by atoms with E-state index in [1.54, 1.807) is 24.3 Å². The fraction of sp³-hybridized carbons (Fsp3) is 0.125. The highest BCUT2D eigenvalue weighted by molar-refractivity contribution is 7.08. The molecular formula is C8H8O2S. The summed E-state index contributed by atoms with van der Waals surface area (Å²) in [5, 5.41) is 12.3. The van der Waals surface area contributed by atoms with Crippen LogP contribution in [-0.2, 0) is 4.79 Å². The SMILES string of the molecule is CC(=Cc1ccsc1)C(=O)O. The molecule has 1 N–H and O–H groups in total. The maximum Gasteiger partial charge on any atom is 0.331 e. The second-order valence-corrected chi connectivity index (χ2v) is 2.97. The van der Waals surface area contributed by atoms with Gasteiger partial charge < -0.3 is 5.11 Å². The van der Waals surface area contributed by atoms with E-state index >= 15 is 0 Å². The first-order valence-corrected chi connectivity index (χ1v) is 4.08. The predicted molar refractivity (Wildman–Crippen MR) is 45.6 cm³/mol. The van der Waals surface area contributed by atoms with Gasteiger partial charge in [0.1, 0.15) is 0 Å². The lowest BCUT2D eigenvalue weighted by atomic mass is 10.2. The number of thiophene rings is 1. The van der Waals surface area contributed by atoms with E-state index in [9.17, 15) is 4.79 Å². The van der Waals surface area contributed by atoms with Crippen molar-refractivity contribution in [2.45, 2.75) is 6.92 Å². The van der Waals surface area contributed by atoms with Crippen LogP contribution < -0.4 is 0 Å². The van der Waals surface area contributed by atoms with Crippen molar-refractivity contribution in [3.63, 3.8) is 0 Å². The molecule has 0 radical (unpaired) electrons. The molecule has 0 aromatic carbocycles. The minimum absolute atomic E-state index is 0.364. The van der Waals surface area contributed by atoms with Crippen molar-refractivity contribution in [3.05, 3.63) is 28.0 Å². The fourth-order valence-electron chi connectivity index (χ4n) is 0.669. The summed E-state index contributed by atoms with van der Waals surface area (Å²) in [6.45, 7) is 1.58. The van der Waals surface area contributed by atoms with Gasteiger partial charge in [-0.05, 0) is 35.4 Å². The second kappa shape index (κ2) is 3.34. The highest BCUT2D eigenvalue weighted by atomic mass is 32.1. The predicted octanol–water partition coefficient (Wildman–Crippen LogP) is 2.24. The van der Waals surface area contributed by atoms with Gasteiger partial charge in [-0.15, -0.1) is 0 Å². The van der Waals surface area contributed by atoms with Crippen LogP contribution in [0.15, 0.2) is 22.4 Å². The molecule has 0 saturated carbocycles. The quantitative estimate of drug-likeness (QED) is 0.687. The third kappa shape index (κ3) is 2.20. The van der Waals surface area contributed by atoms with Crippen molar-refractivity contribution in [1.29, 1.82) is 0 Å². The minimum atomic E-state index is -0.865. The molecule has 0 atom stereocenters. The summed E-state index contributed by atoms with van der Waals surface area (Å²) in [5.74, 6) is -0.865. The lowest BCUT2D eigenvalue weighted by Crippen LogP contribution is -1.94. The summed E-state index contributed by atoms with van der Waals surface area (Å²) in [7, 11) is 0. The van der Waals surface area contributed by atoms with Gasteiger partial charge in [0.2, 0.25) is 0 Å².